The zero-order valence-electron chi connectivity index (χ0n) is 22.6. The third-order valence-corrected chi connectivity index (χ3v) is 7.39. The Morgan fingerprint density at radius 2 is 1.67 bits per heavy atom. The highest BCUT2D eigenvalue weighted by Gasteiger charge is 2.39. The smallest absolute Gasteiger partial charge is 0.335 e. The molecule has 204 valence electrons. The first-order valence-corrected chi connectivity index (χ1v) is 13.4. The molecule has 1 N–H and O–H groups in total. The summed E-state index contributed by atoms with van der Waals surface area (Å²) in [6.07, 6.45) is 0.488. The van der Waals surface area contributed by atoms with Gasteiger partial charge in [-0.1, -0.05) is 41.9 Å². The van der Waals surface area contributed by atoms with Gasteiger partial charge in [-0.25, -0.2) is 4.79 Å². The monoisotopic (exact) mass is 548 g/mol. The Hall–Kier alpha value is -3.68. The van der Waals surface area contributed by atoms with E-state index in [9.17, 15) is 19.5 Å². The summed E-state index contributed by atoms with van der Waals surface area (Å²) in [4.78, 5) is 42.4. The molecule has 0 aliphatic carbocycles. The van der Waals surface area contributed by atoms with Crippen LogP contribution in [-0.4, -0.2) is 41.1 Å². The molecule has 1 heterocycles. The number of halogens is 1. The summed E-state index contributed by atoms with van der Waals surface area (Å²) in [6.45, 7) is 7.52. The number of aliphatic carboxylic acids is 1. The Bertz CT molecular complexity index is 1350. The van der Waals surface area contributed by atoms with Crippen LogP contribution in [0.4, 0.5) is 11.4 Å². The molecule has 3 aromatic carbocycles. The number of carbonyl (C=O) groups is 3. The fraction of sp³-hybridized carbons (Fsp3) is 0.323. The van der Waals surface area contributed by atoms with Gasteiger partial charge in [-0.05, 0) is 87.7 Å². The van der Waals surface area contributed by atoms with E-state index in [1.54, 1.807) is 46.2 Å². The fourth-order valence-electron chi connectivity index (χ4n) is 4.84. The maximum absolute atomic E-state index is 13.8. The molecule has 2 amide bonds. The van der Waals surface area contributed by atoms with Crippen LogP contribution in [0.2, 0.25) is 5.02 Å². The van der Waals surface area contributed by atoms with Gasteiger partial charge in [-0.2, -0.15) is 0 Å². The number of hydrogen-bond acceptors (Lipinski definition) is 4. The number of fused-ring (bicyclic) bond motifs is 1. The number of hydrogen-bond donors (Lipinski definition) is 1. The van der Waals surface area contributed by atoms with Crippen molar-refractivity contribution in [1.29, 1.82) is 0 Å². The topological polar surface area (TPSA) is 87.2 Å². The van der Waals surface area contributed by atoms with Crippen LogP contribution in [-0.2, 0) is 20.9 Å². The number of ether oxygens (including phenoxy) is 1. The van der Waals surface area contributed by atoms with Crippen LogP contribution >= 0.6 is 11.6 Å². The van der Waals surface area contributed by atoms with Gasteiger partial charge < -0.3 is 19.6 Å². The van der Waals surface area contributed by atoms with Crippen molar-refractivity contribution < 1.29 is 24.2 Å². The summed E-state index contributed by atoms with van der Waals surface area (Å²) in [5.41, 5.74) is 2.28. The SMILES string of the molecule is CCN(C(=O)[C@H]1C[C@H](C)N(C(=O)c2ccc(COC(C)(C)C(=O)O)cc2)c2ccccc21)c1ccc(Cl)cc1. The minimum atomic E-state index is -1.31. The van der Waals surface area contributed by atoms with Gasteiger partial charge in [0.25, 0.3) is 5.91 Å². The predicted molar refractivity (Wildman–Crippen MR) is 152 cm³/mol. The zero-order chi connectivity index (χ0) is 28.3. The molecule has 0 fully saturated rings. The van der Waals surface area contributed by atoms with Crippen molar-refractivity contribution in [1.82, 2.24) is 0 Å². The fourth-order valence-corrected chi connectivity index (χ4v) is 4.96. The summed E-state index contributed by atoms with van der Waals surface area (Å²) in [5, 5.41) is 9.86. The Morgan fingerprint density at radius 3 is 2.28 bits per heavy atom. The molecule has 4 rings (SSSR count). The quantitative estimate of drug-likeness (QED) is 0.357. The third-order valence-electron chi connectivity index (χ3n) is 7.14. The van der Waals surface area contributed by atoms with Gasteiger partial charge in [0.15, 0.2) is 5.60 Å². The lowest BCUT2D eigenvalue weighted by Crippen LogP contribution is -2.46. The van der Waals surface area contributed by atoms with Crippen LogP contribution in [0.15, 0.2) is 72.8 Å². The molecule has 0 saturated heterocycles. The normalized spacial score (nSPS) is 16.9. The van der Waals surface area contributed by atoms with Crippen molar-refractivity contribution in [2.45, 2.75) is 58.3 Å². The van der Waals surface area contributed by atoms with Crippen LogP contribution in [0.1, 0.15) is 61.5 Å². The number of para-hydroxylation sites is 1. The lowest BCUT2D eigenvalue weighted by molar-refractivity contribution is -0.162. The number of amides is 2. The molecule has 0 spiro atoms. The molecule has 0 radical (unpaired) electrons. The number of carboxylic acid groups (broad SMARTS) is 1. The summed E-state index contributed by atoms with van der Waals surface area (Å²) in [6, 6.07) is 21.6. The second-order valence-electron chi connectivity index (χ2n) is 10.2. The minimum absolute atomic E-state index is 0.0140. The van der Waals surface area contributed by atoms with E-state index in [1.807, 2.05) is 50.2 Å². The van der Waals surface area contributed by atoms with E-state index in [1.165, 1.54) is 13.8 Å². The van der Waals surface area contributed by atoms with Crippen molar-refractivity contribution in [3.63, 3.8) is 0 Å². The van der Waals surface area contributed by atoms with E-state index in [2.05, 4.69) is 0 Å². The Balaban J connectivity index is 1.57. The third kappa shape index (κ3) is 6.00. The van der Waals surface area contributed by atoms with Crippen molar-refractivity contribution in [2.24, 2.45) is 0 Å². The molecule has 7 nitrogen and oxygen atoms in total. The van der Waals surface area contributed by atoms with Crippen LogP contribution in [0.3, 0.4) is 0 Å². The van der Waals surface area contributed by atoms with E-state index in [-0.39, 0.29) is 24.5 Å². The number of rotatable bonds is 8. The summed E-state index contributed by atoms with van der Waals surface area (Å²) >= 11 is 6.06. The average Bonchev–Trinajstić information content (AvgIpc) is 2.92. The number of nitrogens with zero attached hydrogens (tertiary/aromatic N) is 2. The average molecular weight is 549 g/mol. The first-order chi connectivity index (χ1) is 18.5. The molecule has 39 heavy (non-hydrogen) atoms. The van der Waals surface area contributed by atoms with Gasteiger partial charge in [0.2, 0.25) is 5.91 Å². The standard InChI is InChI=1S/C31H33ClN2O5/c1-5-33(24-16-14-23(32)15-17-24)29(36)26-18-20(2)34(27-9-7-6-8-25(26)27)28(35)22-12-10-21(11-13-22)19-39-31(3,4)30(37)38/h6-17,20,26H,5,18-19H2,1-4H3,(H,37,38)/t20-,26-/m0/s1. The Kier molecular flexibility index (Phi) is 8.42. The van der Waals surface area contributed by atoms with Crippen LogP contribution in [0, 0.1) is 0 Å². The molecule has 3 aromatic rings. The Morgan fingerprint density at radius 1 is 1.03 bits per heavy atom. The van der Waals surface area contributed by atoms with E-state index in [0.29, 0.717) is 23.6 Å². The van der Waals surface area contributed by atoms with E-state index in [4.69, 9.17) is 16.3 Å². The summed E-state index contributed by atoms with van der Waals surface area (Å²) < 4.78 is 5.52. The van der Waals surface area contributed by atoms with Crippen LogP contribution in [0.25, 0.3) is 0 Å². The van der Waals surface area contributed by atoms with E-state index < -0.39 is 17.5 Å². The highest BCUT2D eigenvalue weighted by atomic mass is 35.5. The van der Waals surface area contributed by atoms with Crippen LogP contribution < -0.4 is 9.80 Å². The lowest BCUT2D eigenvalue weighted by Gasteiger charge is -2.40. The second kappa shape index (κ2) is 11.6. The molecule has 0 saturated carbocycles. The number of carbonyl (C=O) groups excluding carboxylic acids is 2. The van der Waals surface area contributed by atoms with Gasteiger partial charge in [0, 0.05) is 34.5 Å². The highest BCUT2D eigenvalue weighted by Crippen LogP contribution is 2.40. The van der Waals surface area contributed by atoms with Crippen LogP contribution in [0.5, 0.6) is 0 Å². The predicted octanol–water partition coefficient (Wildman–Crippen LogP) is 6.30. The molecule has 1 aliphatic rings. The highest BCUT2D eigenvalue weighted by molar-refractivity contribution is 6.30. The number of benzene rings is 3. The van der Waals surface area contributed by atoms with Crippen molar-refractivity contribution in [3.8, 4) is 0 Å². The minimum Gasteiger partial charge on any atom is -0.479 e. The van der Waals surface area contributed by atoms with Gasteiger partial charge >= 0.3 is 5.97 Å². The van der Waals surface area contributed by atoms with Gasteiger partial charge in [0.1, 0.15) is 0 Å². The Labute approximate surface area is 233 Å². The first kappa shape index (κ1) is 28.3. The lowest BCUT2D eigenvalue weighted by atomic mass is 9.84. The number of likely N-dealkylation sites (N-methyl/N-ethyl adjacent to an activating group) is 1. The number of anilines is 2. The largest absolute Gasteiger partial charge is 0.479 e. The zero-order valence-corrected chi connectivity index (χ0v) is 23.3. The molecule has 0 unspecified atom stereocenters. The molecule has 0 bridgehead atoms. The van der Waals surface area contributed by atoms with E-state index in [0.717, 1.165) is 22.5 Å². The molecular formula is C31H33ClN2O5. The molecular weight excluding hydrogens is 516 g/mol. The van der Waals surface area contributed by atoms with Crippen molar-refractivity contribution in [3.05, 3.63) is 94.5 Å². The molecule has 0 aromatic heterocycles. The van der Waals surface area contributed by atoms with E-state index >= 15 is 0 Å². The number of carboxylic acids is 1. The first-order valence-electron chi connectivity index (χ1n) is 13.0. The second-order valence-corrected chi connectivity index (χ2v) is 10.7. The summed E-state index contributed by atoms with van der Waals surface area (Å²) in [5.74, 6) is -1.61. The van der Waals surface area contributed by atoms with Gasteiger partial charge in [0.05, 0.1) is 12.5 Å². The van der Waals surface area contributed by atoms with Gasteiger partial charge in [-0.15, -0.1) is 0 Å². The van der Waals surface area contributed by atoms with Gasteiger partial charge in [-0.3, -0.25) is 9.59 Å². The molecule has 8 heteroatoms. The maximum Gasteiger partial charge on any atom is 0.335 e. The molecule has 1 aliphatic heterocycles. The summed E-state index contributed by atoms with van der Waals surface area (Å²) in [7, 11) is 0. The van der Waals surface area contributed by atoms with Crippen molar-refractivity contribution in [2.75, 3.05) is 16.3 Å². The van der Waals surface area contributed by atoms with Crippen molar-refractivity contribution >= 4 is 40.8 Å². The molecule has 2 atom stereocenters. The maximum atomic E-state index is 13.8.